The number of amides is 1. The van der Waals surface area contributed by atoms with E-state index in [0.717, 1.165) is 26.1 Å². The lowest BCUT2D eigenvalue weighted by Gasteiger charge is -2.36. The zero-order valence-corrected chi connectivity index (χ0v) is 12.9. The van der Waals surface area contributed by atoms with E-state index < -0.39 is 0 Å². The Morgan fingerprint density at radius 2 is 2.18 bits per heavy atom. The molecule has 5 heteroatoms. The molecule has 1 atom stereocenters. The average Bonchev–Trinajstić information content (AvgIpc) is 3.08. The van der Waals surface area contributed by atoms with Gasteiger partial charge >= 0.3 is 0 Å². The molecule has 22 heavy (non-hydrogen) atoms. The molecular formula is C17H22N4O. The summed E-state index contributed by atoms with van der Waals surface area (Å²) in [7, 11) is 0. The number of nitrogens with zero attached hydrogens (tertiary/aromatic N) is 3. The SMILES string of the molecule is CCc1ccc(C2CNCCN2C(=O)Cn2cccn2)cc1. The van der Waals surface area contributed by atoms with Gasteiger partial charge in [0.1, 0.15) is 6.54 Å². The lowest BCUT2D eigenvalue weighted by atomic mass is 10.0. The van der Waals surface area contributed by atoms with Gasteiger partial charge in [-0.3, -0.25) is 9.48 Å². The fourth-order valence-corrected chi connectivity index (χ4v) is 2.90. The van der Waals surface area contributed by atoms with Crippen molar-refractivity contribution >= 4 is 5.91 Å². The van der Waals surface area contributed by atoms with Crippen LogP contribution in [0.1, 0.15) is 24.1 Å². The van der Waals surface area contributed by atoms with E-state index in [2.05, 4.69) is 41.6 Å². The third kappa shape index (κ3) is 3.20. The van der Waals surface area contributed by atoms with Crippen molar-refractivity contribution in [1.82, 2.24) is 20.0 Å². The summed E-state index contributed by atoms with van der Waals surface area (Å²) < 4.78 is 1.68. The smallest absolute Gasteiger partial charge is 0.244 e. The summed E-state index contributed by atoms with van der Waals surface area (Å²) >= 11 is 0. The molecule has 2 heterocycles. The number of carbonyl (C=O) groups excluding carboxylic acids is 1. The van der Waals surface area contributed by atoms with E-state index in [1.54, 1.807) is 10.9 Å². The molecule has 0 spiro atoms. The van der Waals surface area contributed by atoms with E-state index >= 15 is 0 Å². The van der Waals surface area contributed by atoms with E-state index in [9.17, 15) is 4.79 Å². The van der Waals surface area contributed by atoms with Gasteiger partial charge in [0, 0.05) is 32.0 Å². The Kier molecular flexibility index (Phi) is 4.53. The second-order valence-electron chi connectivity index (χ2n) is 5.61. The third-order valence-electron chi connectivity index (χ3n) is 4.19. The number of piperazine rings is 1. The first-order chi connectivity index (χ1) is 10.8. The number of aryl methyl sites for hydroxylation is 1. The molecule has 1 aromatic carbocycles. The fourth-order valence-electron chi connectivity index (χ4n) is 2.90. The summed E-state index contributed by atoms with van der Waals surface area (Å²) in [5.74, 6) is 0.120. The van der Waals surface area contributed by atoms with Crippen LogP contribution >= 0.6 is 0 Å². The Morgan fingerprint density at radius 3 is 2.86 bits per heavy atom. The van der Waals surface area contributed by atoms with Crippen LogP contribution in [0, 0.1) is 0 Å². The van der Waals surface area contributed by atoms with E-state index in [1.807, 2.05) is 17.2 Å². The standard InChI is InChI=1S/C17H22N4O/c1-2-14-4-6-15(7-5-14)16-12-18-9-11-21(16)17(22)13-20-10-3-8-19-20/h3-8,10,16,18H,2,9,11-13H2,1H3. The highest BCUT2D eigenvalue weighted by molar-refractivity contribution is 5.76. The van der Waals surface area contributed by atoms with Crippen LogP contribution in [-0.2, 0) is 17.8 Å². The van der Waals surface area contributed by atoms with Crippen molar-refractivity contribution < 1.29 is 4.79 Å². The molecule has 116 valence electrons. The van der Waals surface area contributed by atoms with Crippen molar-refractivity contribution in [3.05, 3.63) is 53.9 Å². The zero-order valence-electron chi connectivity index (χ0n) is 12.9. The van der Waals surface area contributed by atoms with Gasteiger partial charge in [-0.1, -0.05) is 31.2 Å². The first-order valence-electron chi connectivity index (χ1n) is 7.84. The molecule has 1 N–H and O–H groups in total. The molecule has 1 saturated heterocycles. The predicted octanol–water partition coefficient (Wildman–Crippen LogP) is 1.62. The van der Waals surface area contributed by atoms with Crippen LogP contribution in [0.5, 0.6) is 0 Å². The van der Waals surface area contributed by atoms with Crippen LogP contribution in [0.3, 0.4) is 0 Å². The Bertz CT molecular complexity index is 606. The number of hydrogen-bond donors (Lipinski definition) is 1. The van der Waals surface area contributed by atoms with E-state index in [0.29, 0.717) is 6.54 Å². The highest BCUT2D eigenvalue weighted by atomic mass is 16.2. The first kappa shape index (κ1) is 14.8. The van der Waals surface area contributed by atoms with Crippen LogP contribution < -0.4 is 5.32 Å². The molecule has 0 bridgehead atoms. The van der Waals surface area contributed by atoms with Crippen molar-refractivity contribution in [3.8, 4) is 0 Å². The maximum Gasteiger partial charge on any atom is 0.244 e. The number of carbonyl (C=O) groups is 1. The van der Waals surface area contributed by atoms with E-state index in [4.69, 9.17) is 0 Å². The van der Waals surface area contributed by atoms with Crippen molar-refractivity contribution in [2.24, 2.45) is 0 Å². The minimum Gasteiger partial charge on any atom is -0.331 e. The Hall–Kier alpha value is -2.14. The van der Waals surface area contributed by atoms with Crippen molar-refractivity contribution in [2.75, 3.05) is 19.6 Å². The maximum absolute atomic E-state index is 12.6. The molecule has 1 aliphatic heterocycles. The van der Waals surface area contributed by atoms with Crippen LogP contribution in [0.2, 0.25) is 0 Å². The minimum atomic E-state index is 0.0997. The molecule has 3 rings (SSSR count). The number of aromatic nitrogens is 2. The maximum atomic E-state index is 12.6. The summed E-state index contributed by atoms with van der Waals surface area (Å²) in [6.07, 6.45) is 4.56. The topological polar surface area (TPSA) is 50.2 Å². The summed E-state index contributed by atoms with van der Waals surface area (Å²) in [5, 5.41) is 7.51. The van der Waals surface area contributed by atoms with Crippen LogP contribution in [0.4, 0.5) is 0 Å². The van der Waals surface area contributed by atoms with Crippen LogP contribution in [0.15, 0.2) is 42.7 Å². The molecule has 0 radical (unpaired) electrons. The van der Waals surface area contributed by atoms with Crippen LogP contribution in [-0.4, -0.2) is 40.2 Å². The molecule has 1 fully saturated rings. The molecular weight excluding hydrogens is 276 g/mol. The minimum absolute atomic E-state index is 0.0997. The molecule has 1 amide bonds. The molecule has 2 aromatic rings. The van der Waals surface area contributed by atoms with Gasteiger partial charge in [-0.15, -0.1) is 0 Å². The van der Waals surface area contributed by atoms with Gasteiger partial charge in [0.2, 0.25) is 5.91 Å². The molecule has 0 aliphatic carbocycles. The summed E-state index contributed by atoms with van der Waals surface area (Å²) in [6.45, 7) is 4.83. The fraction of sp³-hybridized carbons (Fsp3) is 0.412. The summed E-state index contributed by atoms with van der Waals surface area (Å²) in [5.41, 5.74) is 2.51. The lowest BCUT2D eigenvalue weighted by molar-refractivity contribution is -0.135. The normalized spacial score (nSPS) is 18.4. The van der Waals surface area contributed by atoms with Gasteiger partial charge in [-0.25, -0.2) is 0 Å². The first-order valence-corrected chi connectivity index (χ1v) is 7.84. The van der Waals surface area contributed by atoms with Gasteiger partial charge in [0.25, 0.3) is 0 Å². The van der Waals surface area contributed by atoms with Crippen molar-refractivity contribution in [1.29, 1.82) is 0 Å². The predicted molar refractivity (Wildman–Crippen MR) is 85.4 cm³/mol. The number of rotatable bonds is 4. The Labute approximate surface area is 130 Å². The highest BCUT2D eigenvalue weighted by Crippen LogP contribution is 2.23. The van der Waals surface area contributed by atoms with Gasteiger partial charge < -0.3 is 10.2 Å². The van der Waals surface area contributed by atoms with E-state index in [-0.39, 0.29) is 11.9 Å². The van der Waals surface area contributed by atoms with Gasteiger partial charge in [-0.05, 0) is 23.6 Å². The second-order valence-corrected chi connectivity index (χ2v) is 5.61. The highest BCUT2D eigenvalue weighted by Gasteiger charge is 2.27. The average molecular weight is 298 g/mol. The number of hydrogen-bond acceptors (Lipinski definition) is 3. The lowest BCUT2D eigenvalue weighted by Crippen LogP contribution is -2.49. The number of benzene rings is 1. The molecule has 1 aromatic heterocycles. The largest absolute Gasteiger partial charge is 0.331 e. The molecule has 1 unspecified atom stereocenters. The van der Waals surface area contributed by atoms with Gasteiger partial charge in [0.05, 0.1) is 6.04 Å². The number of nitrogens with one attached hydrogen (secondary N) is 1. The summed E-state index contributed by atoms with van der Waals surface area (Å²) in [6, 6.07) is 10.5. The third-order valence-corrected chi connectivity index (χ3v) is 4.19. The van der Waals surface area contributed by atoms with Crippen LogP contribution in [0.25, 0.3) is 0 Å². The van der Waals surface area contributed by atoms with Gasteiger partial charge in [0.15, 0.2) is 0 Å². The monoisotopic (exact) mass is 298 g/mol. The van der Waals surface area contributed by atoms with Crippen molar-refractivity contribution in [3.63, 3.8) is 0 Å². The molecule has 1 aliphatic rings. The van der Waals surface area contributed by atoms with Crippen molar-refractivity contribution in [2.45, 2.75) is 25.9 Å². The Balaban J connectivity index is 1.76. The molecule has 0 saturated carbocycles. The zero-order chi connectivity index (χ0) is 15.4. The Morgan fingerprint density at radius 1 is 1.36 bits per heavy atom. The summed E-state index contributed by atoms with van der Waals surface area (Å²) in [4.78, 5) is 14.6. The van der Waals surface area contributed by atoms with E-state index in [1.165, 1.54) is 11.1 Å². The molecule has 5 nitrogen and oxygen atoms in total. The second kappa shape index (κ2) is 6.75. The van der Waals surface area contributed by atoms with Gasteiger partial charge in [-0.2, -0.15) is 5.10 Å². The quantitative estimate of drug-likeness (QED) is 0.933.